The first-order valence-corrected chi connectivity index (χ1v) is 7.14. The lowest BCUT2D eigenvalue weighted by Gasteiger charge is -2.40. The third-order valence-corrected chi connectivity index (χ3v) is 4.26. The van der Waals surface area contributed by atoms with Crippen molar-refractivity contribution < 1.29 is 9.53 Å². The topological polar surface area (TPSA) is 99.8 Å². The summed E-state index contributed by atoms with van der Waals surface area (Å²) in [5, 5.41) is 16.9. The number of rotatable bonds is 1. The van der Waals surface area contributed by atoms with E-state index in [1.165, 1.54) is 0 Å². The van der Waals surface area contributed by atoms with Gasteiger partial charge in [-0.3, -0.25) is 4.79 Å². The van der Waals surface area contributed by atoms with Crippen LogP contribution in [0.4, 0.5) is 0 Å². The number of ether oxygens (including phenoxy) is 1. The number of aromatic amines is 1. The van der Waals surface area contributed by atoms with Crippen molar-refractivity contribution in [2.24, 2.45) is 0 Å². The Bertz CT molecular complexity index is 757. The van der Waals surface area contributed by atoms with E-state index in [2.05, 4.69) is 15.3 Å². The molecule has 0 spiro atoms. The summed E-state index contributed by atoms with van der Waals surface area (Å²) in [4.78, 5) is 17.2. The van der Waals surface area contributed by atoms with Gasteiger partial charge in [0.05, 0.1) is 36.2 Å². The van der Waals surface area contributed by atoms with Gasteiger partial charge >= 0.3 is 0 Å². The molecule has 0 aromatic carbocycles. The van der Waals surface area contributed by atoms with E-state index in [0.717, 1.165) is 12.1 Å². The predicted octanol–water partition coefficient (Wildman–Crippen LogP) is 0.464. The van der Waals surface area contributed by atoms with Gasteiger partial charge in [-0.15, -0.1) is 5.10 Å². The predicted molar refractivity (Wildman–Crippen MR) is 73.7 cm³/mol. The fourth-order valence-electron chi connectivity index (χ4n) is 3.12. The van der Waals surface area contributed by atoms with Gasteiger partial charge in [0, 0.05) is 19.3 Å². The van der Waals surface area contributed by atoms with Crippen molar-refractivity contribution in [3.63, 3.8) is 0 Å². The summed E-state index contributed by atoms with van der Waals surface area (Å²) < 4.78 is 7.70. The van der Waals surface area contributed by atoms with Crippen LogP contribution in [0.25, 0.3) is 0 Å². The molecular weight excluding hydrogens is 284 g/mol. The number of likely N-dealkylation sites (tertiary alicyclic amines) is 1. The molecule has 8 heteroatoms. The van der Waals surface area contributed by atoms with Crippen molar-refractivity contribution in [1.29, 1.82) is 5.26 Å². The van der Waals surface area contributed by atoms with Crippen LogP contribution in [0.15, 0.2) is 18.5 Å². The van der Waals surface area contributed by atoms with Gasteiger partial charge in [-0.2, -0.15) is 5.26 Å². The third-order valence-electron chi connectivity index (χ3n) is 4.26. The number of hydrogen-bond donors (Lipinski definition) is 1. The number of nitrogens with zero attached hydrogens (tertiary/aromatic N) is 5. The van der Waals surface area contributed by atoms with Gasteiger partial charge in [0.25, 0.3) is 5.91 Å². The summed E-state index contributed by atoms with van der Waals surface area (Å²) in [6, 6.07) is 3.59. The van der Waals surface area contributed by atoms with Crippen LogP contribution in [-0.4, -0.2) is 50.0 Å². The summed E-state index contributed by atoms with van der Waals surface area (Å²) in [5.74, 6) is -0.104. The lowest BCUT2D eigenvalue weighted by Crippen LogP contribution is -2.50. The van der Waals surface area contributed by atoms with Crippen LogP contribution in [0.5, 0.6) is 0 Å². The smallest absolute Gasteiger partial charge is 0.270 e. The molecule has 22 heavy (non-hydrogen) atoms. The summed E-state index contributed by atoms with van der Waals surface area (Å²) in [6.07, 6.45) is 4.07. The first-order valence-electron chi connectivity index (χ1n) is 7.14. The summed E-state index contributed by atoms with van der Waals surface area (Å²) in [6.45, 7) is 1.68. The second kappa shape index (κ2) is 4.96. The van der Waals surface area contributed by atoms with Crippen LogP contribution in [0.1, 0.15) is 34.2 Å². The largest absolute Gasteiger partial charge is 0.370 e. The van der Waals surface area contributed by atoms with Gasteiger partial charge in [-0.05, 0) is 12.5 Å². The van der Waals surface area contributed by atoms with Crippen molar-refractivity contribution in [1.82, 2.24) is 24.9 Å². The number of H-pyrrole nitrogens is 1. The zero-order chi connectivity index (χ0) is 15.1. The molecule has 1 N–H and O–H groups in total. The molecule has 4 heterocycles. The Balaban J connectivity index is 1.56. The fourth-order valence-corrected chi connectivity index (χ4v) is 3.12. The Labute approximate surface area is 126 Å². The van der Waals surface area contributed by atoms with Crippen molar-refractivity contribution in [3.05, 3.63) is 35.4 Å². The maximum Gasteiger partial charge on any atom is 0.270 e. The van der Waals surface area contributed by atoms with Gasteiger partial charge in [0.1, 0.15) is 11.8 Å². The first-order chi connectivity index (χ1) is 10.8. The fraction of sp³-hybridized carbons (Fsp3) is 0.429. The van der Waals surface area contributed by atoms with Crippen LogP contribution < -0.4 is 0 Å². The average molecular weight is 298 g/mol. The van der Waals surface area contributed by atoms with E-state index in [-0.39, 0.29) is 18.1 Å². The maximum absolute atomic E-state index is 12.6. The molecule has 8 nitrogen and oxygen atoms in total. The molecule has 2 aromatic heterocycles. The monoisotopic (exact) mass is 298 g/mol. The zero-order valence-electron chi connectivity index (χ0n) is 11.8. The summed E-state index contributed by atoms with van der Waals surface area (Å²) in [7, 11) is 0. The van der Waals surface area contributed by atoms with Gasteiger partial charge in [-0.25, -0.2) is 4.68 Å². The zero-order valence-corrected chi connectivity index (χ0v) is 11.8. The average Bonchev–Trinajstić information content (AvgIpc) is 3.22. The lowest BCUT2D eigenvalue weighted by molar-refractivity contribution is -0.0605. The number of nitriles is 1. The second-order valence-electron chi connectivity index (χ2n) is 5.54. The molecule has 0 saturated carbocycles. The molecule has 0 radical (unpaired) electrons. The Kier molecular flexibility index (Phi) is 2.94. The third kappa shape index (κ3) is 1.98. The van der Waals surface area contributed by atoms with E-state index in [4.69, 9.17) is 10.00 Å². The molecule has 0 bridgehead atoms. The minimum Gasteiger partial charge on any atom is -0.370 e. The van der Waals surface area contributed by atoms with Crippen molar-refractivity contribution in [3.8, 4) is 6.07 Å². The SMILES string of the molecule is N#Cc1c[nH]c(C(=O)N2CC[C@H]3OCc4cnnn4[C@H]3C2)c1. The van der Waals surface area contributed by atoms with E-state index in [0.29, 0.717) is 31.0 Å². The number of aromatic nitrogens is 4. The summed E-state index contributed by atoms with van der Waals surface area (Å²) >= 11 is 0. The van der Waals surface area contributed by atoms with Crippen molar-refractivity contribution in [2.75, 3.05) is 13.1 Å². The summed E-state index contributed by atoms with van der Waals surface area (Å²) in [5.41, 5.74) is 1.82. The highest BCUT2D eigenvalue weighted by molar-refractivity contribution is 5.93. The van der Waals surface area contributed by atoms with Crippen LogP contribution in [0, 0.1) is 11.3 Å². The molecule has 4 rings (SSSR count). The molecule has 2 aliphatic rings. The van der Waals surface area contributed by atoms with Gasteiger partial charge in [0.15, 0.2) is 0 Å². The Morgan fingerprint density at radius 3 is 3.27 bits per heavy atom. The Morgan fingerprint density at radius 2 is 2.45 bits per heavy atom. The minimum absolute atomic E-state index is 0.00523. The first kappa shape index (κ1) is 13.0. The van der Waals surface area contributed by atoms with E-state index < -0.39 is 0 Å². The number of piperidine rings is 1. The molecule has 2 aliphatic heterocycles. The van der Waals surface area contributed by atoms with Crippen LogP contribution >= 0.6 is 0 Å². The van der Waals surface area contributed by atoms with Gasteiger partial charge < -0.3 is 14.6 Å². The standard InChI is InChI=1S/C14H14N6O2/c15-4-9-3-11(16-5-9)14(21)19-2-1-13-12(7-19)20-10(8-22-13)6-17-18-20/h3,5-6,12-13,16H,1-2,7-8H2/t12-,13+/m0/s1. The molecule has 2 atom stereocenters. The van der Waals surface area contributed by atoms with Crippen LogP contribution in [-0.2, 0) is 11.3 Å². The van der Waals surface area contributed by atoms with Crippen LogP contribution in [0.2, 0.25) is 0 Å². The molecule has 1 fully saturated rings. The Hall–Kier alpha value is -2.66. The second-order valence-corrected chi connectivity index (χ2v) is 5.54. The highest BCUT2D eigenvalue weighted by Crippen LogP contribution is 2.30. The number of carbonyl (C=O) groups is 1. The van der Waals surface area contributed by atoms with E-state index in [9.17, 15) is 4.79 Å². The highest BCUT2D eigenvalue weighted by Gasteiger charge is 2.38. The molecule has 0 unspecified atom stereocenters. The van der Waals surface area contributed by atoms with E-state index >= 15 is 0 Å². The molecular formula is C14H14N6O2. The number of fused-ring (bicyclic) bond motifs is 3. The molecule has 1 amide bonds. The minimum atomic E-state index is -0.104. The lowest BCUT2D eigenvalue weighted by atomic mass is 10.00. The van der Waals surface area contributed by atoms with Crippen molar-refractivity contribution >= 4 is 5.91 Å². The number of hydrogen-bond acceptors (Lipinski definition) is 5. The quantitative estimate of drug-likeness (QED) is 0.824. The number of nitrogens with one attached hydrogen (secondary N) is 1. The maximum atomic E-state index is 12.6. The van der Waals surface area contributed by atoms with Gasteiger partial charge in [-0.1, -0.05) is 5.21 Å². The number of carbonyl (C=O) groups excluding carboxylic acids is 1. The van der Waals surface area contributed by atoms with Crippen LogP contribution in [0.3, 0.4) is 0 Å². The molecule has 0 aliphatic carbocycles. The Morgan fingerprint density at radius 1 is 1.55 bits per heavy atom. The normalized spacial score (nSPS) is 23.5. The molecule has 112 valence electrons. The highest BCUT2D eigenvalue weighted by atomic mass is 16.5. The van der Waals surface area contributed by atoms with E-state index in [1.807, 2.05) is 10.8 Å². The molecule has 2 aromatic rings. The van der Waals surface area contributed by atoms with Crippen molar-refractivity contribution in [2.45, 2.75) is 25.2 Å². The molecule has 1 saturated heterocycles. The number of amides is 1. The van der Waals surface area contributed by atoms with E-state index in [1.54, 1.807) is 23.4 Å². The van der Waals surface area contributed by atoms with Gasteiger partial charge in [0.2, 0.25) is 0 Å².